The zero-order chi connectivity index (χ0) is 21.7. The molecule has 0 bridgehead atoms. The van der Waals surface area contributed by atoms with Crippen LogP contribution < -0.4 is 4.90 Å². The predicted molar refractivity (Wildman–Crippen MR) is 109 cm³/mol. The molecule has 1 saturated carbocycles. The van der Waals surface area contributed by atoms with Gasteiger partial charge in [0.15, 0.2) is 15.7 Å². The highest BCUT2D eigenvalue weighted by Gasteiger charge is 2.23. The van der Waals surface area contributed by atoms with Crippen molar-refractivity contribution in [2.45, 2.75) is 43.0 Å². The molecule has 1 aromatic carbocycles. The van der Waals surface area contributed by atoms with Gasteiger partial charge in [0.2, 0.25) is 6.41 Å². The Morgan fingerprint density at radius 2 is 1.93 bits per heavy atom. The normalized spacial score (nSPS) is 15.0. The van der Waals surface area contributed by atoms with Gasteiger partial charge in [0, 0.05) is 12.3 Å². The van der Waals surface area contributed by atoms with E-state index in [1.54, 1.807) is 30.3 Å². The lowest BCUT2D eigenvalue weighted by atomic mass is 9.95. The molecule has 0 saturated heterocycles. The van der Waals surface area contributed by atoms with E-state index >= 15 is 0 Å². The fourth-order valence-corrected chi connectivity index (χ4v) is 4.28. The van der Waals surface area contributed by atoms with Crippen LogP contribution in [-0.4, -0.2) is 49.1 Å². The lowest BCUT2D eigenvalue weighted by Crippen LogP contribution is -2.27. The van der Waals surface area contributed by atoms with Crippen molar-refractivity contribution in [3.63, 3.8) is 0 Å². The fraction of sp³-hybridized carbons (Fsp3) is 0.474. The highest BCUT2D eigenvalue weighted by atomic mass is 32.2. The van der Waals surface area contributed by atoms with Gasteiger partial charge < -0.3 is 4.84 Å². The van der Waals surface area contributed by atoms with Crippen LogP contribution in [0.4, 0.5) is 5.82 Å². The largest absolute Gasteiger partial charge is 0.312 e. The molecule has 1 heterocycles. The summed E-state index contributed by atoms with van der Waals surface area (Å²) in [6, 6.07) is 8.44. The molecule has 3 rings (SSSR count). The number of carbonyl (C=O) groups excluding carboxylic acids is 1. The first-order chi connectivity index (χ1) is 14.3. The summed E-state index contributed by atoms with van der Waals surface area (Å²) < 4.78 is 25.4. The van der Waals surface area contributed by atoms with Crippen LogP contribution in [0.3, 0.4) is 0 Å². The zero-order valence-corrected chi connectivity index (χ0v) is 17.5. The summed E-state index contributed by atoms with van der Waals surface area (Å²) in [7, 11) is -3.31. The van der Waals surface area contributed by atoms with E-state index in [-0.39, 0.29) is 24.1 Å². The van der Waals surface area contributed by atoms with Crippen molar-refractivity contribution < 1.29 is 23.1 Å². The molecule has 10 nitrogen and oxygen atoms in total. The first-order valence-electron chi connectivity index (χ1n) is 9.69. The Morgan fingerprint density at radius 1 is 1.27 bits per heavy atom. The lowest BCUT2D eigenvalue weighted by molar-refractivity contribution is -0.757. The molecule has 30 heavy (non-hydrogen) atoms. The van der Waals surface area contributed by atoms with E-state index < -0.39 is 14.9 Å². The van der Waals surface area contributed by atoms with E-state index in [1.165, 1.54) is 11.3 Å². The van der Waals surface area contributed by atoms with Gasteiger partial charge in [0.1, 0.15) is 6.61 Å². The van der Waals surface area contributed by atoms with E-state index in [9.17, 15) is 23.3 Å². The van der Waals surface area contributed by atoms with E-state index in [4.69, 9.17) is 0 Å². The van der Waals surface area contributed by atoms with Crippen LogP contribution in [0.1, 0.15) is 38.1 Å². The van der Waals surface area contributed by atoms with Crippen molar-refractivity contribution in [3.05, 3.63) is 40.4 Å². The van der Waals surface area contributed by atoms with E-state index in [0.29, 0.717) is 12.2 Å². The first-order valence-corrected chi connectivity index (χ1v) is 11.6. The van der Waals surface area contributed by atoms with Crippen molar-refractivity contribution in [2.24, 2.45) is 0 Å². The highest BCUT2D eigenvalue weighted by molar-refractivity contribution is 7.90. The topological polar surface area (TPSA) is 125 Å². The zero-order valence-electron chi connectivity index (χ0n) is 16.6. The minimum absolute atomic E-state index is 0.0153. The molecular weight excluding hydrogens is 412 g/mol. The molecule has 2 aromatic rings. The minimum Gasteiger partial charge on any atom is -0.312 e. The molecule has 1 aromatic heterocycles. The molecule has 0 atom stereocenters. The van der Waals surface area contributed by atoms with Crippen molar-refractivity contribution in [1.29, 1.82) is 0 Å². The van der Waals surface area contributed by atoms with Gasteiger partial charge in [0.05, 0.1) is 23.2 Å². The smallest absolute Gasteiger partial charge is 0.294 e. The van der Waals surface area contributed by atoms with Gasteiger partial charge in [-0.15, -0.1) is 10.1 Å². The maximum absolute atomic E-state index is 11.8. The second-order valence-electron chi connectivity index (χ2n) is 7.28. The molecule has 1 aliphatic rings. The Hall–Kier alpha value is -2.95. The fourth-order valence-electron chi connectivity index (χ4n) is 3.65. The van der Waals surface area contributed by atoms with Crippen LogP contribution in [0.5, 0.6) is 0 Å². The quantitative estimate of drug-likeness (QED) is 0.336. The number of benzene rings is 1. The van der Waals surface area contributed by atoms with Crippen LogP contribution in [0, 0.1) is 10.1 Å². The number of sulfone groups is 1. The third-order valence-electron chi connectivity index (χ3n) is 5.17. The Bertz CT molecular complexity index is 997. The molecule has 162 valence electrons. The van der Waals surface area contributed by atoms with Crippen LogP contribution in [0.25, 0.3) is 11.3 Å². The molecule has 0 spiro atoms. The van der Waals surface area contributed by atoms with E-state index in [1.807, 2.05) is 4.68 Å². The SMILES string of the molecule is CS(=O)(=O)c1ccc(-c2cc(N(C=O)CCO[N+](=O)[O-])nn2C2CCCCC2)cc1. The molecule has 1 amide bonds. The molecular formula is C19H24N4O6S. The van der Waals surface area contributed by atoms with Crippen molar-refractivity contribution >= 4 is 22.1 Å². The third-order valence-corrected chi connectivity index (χ3v) is 6.30. The molecule has 0 radical (unpaired) electrons. The molecule has 1 aliphatic carbocycles. The average Bonchev–Trinajstić information content (AvgIpc) is 3.16. The summed E-state index contributed by atoms with van der Waals surface area (Å²) in [5.41, 5.74) is 1.54. The summed E-state index contributed by atoms with van der Waals surface area (Å²) in [5.74, 6) is 0.365. The Kier molecular flexibility index (Phi) is 6.70. The molecule has 11 heteroatoms. The maximum atomic E-state index is 11.8. The van der Waals surface area contributed by atoms with E-state index in [0.717, 1.165) is 43.2 Å². The molecule has 0 N–H and O–H groups in total. The van der Waals surface area contributed by atoms with Crippen LogP contribution in [0.15, 0.2) is 35.2 Å². The summed E-state index contributed by atoms with van der Waals surface area (Å²) >= 11 is 0. The van der Waals surface area contributed by atoms with Gasteiger partial charge >= 0.3 is 0 Å². The summed E-state index contributed by atoms with van der Waals surface area (Å²) in [6.45, 7) is -0.279. The van der Waals surface area contributed by atoms with Gasteiger partial charge in [-0.3, -0.25) is 14.4 Å². The number of hydrogen-bond donors (Lipinski definition) is 0. The third kappa shape index (κ3) is 5.15. The summed E-state index contributed by atoms with van der Waals surface area (Å²) in [6.07, 6.45) is 6.97. The number of rotatable bonds is 9. The Morgan fingerprint density at radius 3 is 2.50 bits per heavy atom. The number of aromatic nitrogens is 2. The van der Waals surface area contributed by atoms with E-state index in [2.05, 4.69) is 9.94 Å². The van der Waals surface area contributed by atoms with Crippen LogP contribution >= 0.6 is 0 Å². The van der Waals surface area contributed by atoms with Crippen molar-refractivity contribution in [1.82, 2.24) is 9.78 Å². The van der Waals surface area contributed by atoms with Gasteiger partial charge in [-0.2, -0.15) is 5.10 Å². The van der Waals surface area contributed by atoms with Crippen molar-refractivity contribution in [3.8, 4) is 11.3 Å². The minimum atomic E-state index is -3.31. The Labute approximate surface area is 174 Å². The number of anilines is 1. The summed E-state index contributed by atoms with van der Waals surface area (Å²) in [4.78, 5) is 27.7. The Balaban J connectivity index is 1.95. The average molecular weight is 436 g/mol. The number of amides is 1. The van der Waals surface area contributed by atoms with Crippen molar-refractivity contribution in [2.75, 3.05) is 24.3 Å². The highest BCUT2D eigenvalue weighted by Crippen LogP contribution is 2.34. The number of carbonyl (C=O) groups is 1. The van der Waals surface area contributed by atoms with Gasteiger partial charge in [-0.1, -0.05) is 31.4 Å². The lowest BCUT2D eigenvalue weighted by Gasteiger charge is -2.24. The van der Waals surface area contributed by atoms with Gasteiger partial charge in [-0.05, 0) is 30.5 Å². The number of nitrogens with zero attached hydrogens (tertiary/aromatic N) is 4. The van der Waals surface area contributed by atoms with Gasteiger partial charge in [-0.25, -0.2) is 8.42 Å². The first kappa shape index (κ1) is 21.8. The molecule has 0 unspecified atom stereocenters. The second kappa shape index (κ2) is 9.24. The number of hydrogen-bond acceptors (Lipinski definition) is 7. The van der Waals surface area contributed by atoms with Crippen LogP contribution in [0.2, 0.25) is 0 Å². The molecule has 0 aliphatic heterocycles. The standard InChI is InChI=1S/C19H24N4O6S/c1-30(27,28)17-9-7-15(8-10-17)18-13-19(21(14-24)11-12-29-23(25)26)20-22(18)16-5-3-2-4-6-16/h7-10,13-14,16H,2-6,11-12H2,1H3. The van der Waals surface area contributed by atoms with Gasteiger partial charge in [0.25, 0.3) is 5.09 Å². The molecule has 1 fully saturated rings. The predicted octanol–water partition coefficient (Wildman–Crippen LogP) is 2.63. The summed E-state index contributed by atoms with van der Waals surface area (Å²) in [5, 5.41) is 14.1. The second-order valence-corrected chi connectivity index (χ2v) is 9.29. The van der Waals surface area contributed by atoms with Crippen LogP contribution in [-0.2, 0) is 19.5 Å². The maximum Gasteiger partial charge on any atom is 0.294 e. The monoisotopic (exact) mass is 436 g/mol.